The van der Waals surface area contributed by atoms with Gasteiger partial charge in [0.15, 0.2) is 0 Å². The largest absolute Gasteiger partial charge is 0.450 e. The van der Waals surface area contributed by atoms with Gasteiger partial charge in [-0.1, -0.05) is 12.1 Å². The molecule has 0 unspecified atom stereocenters. The van der Waals surface area contributed by atoms with Crippen molar-refractivity contribution in [2.24, 2.45) is 0 Å². The summed E-state index contributed by atoms with van der Waals surface area (Å²) in [6.45, 7) is 1.96. The summed E-state index contributed by atoms with van der Waals surface area (Å²) < 4.78 is 23.8. The van der Waals surface area contributed by atoms with Crippen LogP contribution in [0.2, 0.25) is 0 Å². The van der Waals surface area contributed by atoms with Crippen molar-refractivity contribution in [3.05, 3.63) is 70.3 Å². The zero-order chi connectivity index (χ0) is 18.5. The van der Waals surface area contributed by atoms with Crippen LogP contribution in [0, 0.1) is 5.82 Å². The molecule has 26 heavy (non-hydrogen) atoms. The summed E-state index contributed by atoms with van der Waals surface area (Å²) in [5.74, 6) is 0.110. The van der Waals surface area contributed by atoms with E-state index in [1.54, 1.807) is 43.3 Å². The third-order valence-electron chi connectivity index (χ3n) is 3.57. The minimum Gasteiger partial charge on any atom is -0.450 e. The van der Waals surface area contributed by atoms with Crippen LogP contribution in [0.5, 0.6) is 0 Å². The fourth-order valence-electron chi connectivity index (χ4n) is 2.43. The Balaban J connectivity index is 1.87. The van der Waals surface area contributed by atoms with Crippen LogP contribution in [-0.4, -0.2) is 12.7 Å². The molecule has 1 heterocycles. The van der Waals surface area contributed by atoms with Gasteiger partial charge in [-0.15, -0.1) is 11.8 Å². The average molecular weight is 373 g/mol. The van der Waals surface area contributed by atoms with Crippen molar-refractivity contribution in [2.75, 3.05) is 11.9 Å². The topological polar surface area (TPSA) is 68.5 Å². The van der Waals surface area contributed by atoms with Gasteiger partial charge in [-0.2, -0.15) is 0 Å². The van der Waals surface area contributed by atoms with Gasteiger partial charge in [-0.3, -0.25) is 5.32 Å². The molecule has 0 aliphatic rings. The fraction of sp³-hybridized carbons (Fsp3) is 0.158. The van der Waals surface area contributed by atoms with Gasteiger partial charge >= 0.3 is 11.7 Å². The van der Waals surface area contributed by atoms with E-state index in [2.05, 4.69) is 5.32 Å². The molecule has 0 aliphatic carbocycles. The fourth-order valence-corrected chi connectivity index (χ4v) is 3.36. The lowest BCUT2D eigenvalue weighted by molar-refractivity contribution is 0.168. The van der Waals surface area contributed by atoms with Gasteiger partial charge in [0.05, 0.1) is 6.61 Å². The second-order valence-corrected chi connectivity index (χ2v) is 6.38. The molecule has 3 rings (SSSR count). The van der Waals surface area contributed by atoms with Crippen LogP contribution in [-0.2, 0) is 10.5 Å². The van der Waals surface area contributed by atoms with Crippen LogP contribution >= 0.6 is 11.8 Å². The van der Waals surface area contributed by atoms with Crippen LogP contribution in [0.1, 0.15) is 12.5 Å². The Labute approximate surface area is 153 Å². The lowest BCUT2D eigenvalue weighted by Gasteiger charge is -2.09. The number of nitrogens with one attached hydrogen (secondary N) is 1. The summed E-state index contributed by atoms with van der Waals surface area (Å²) in [6, 6.07) is 12.9. The third kappa shape index (κ3) is 4.23. The molecule has 1 N–H and O–H groups in total. The average Bonchev–Trinajstić information content (AvgIpc) is 2.60. The Morgan fingerprint density at radius 3 is 2.81 bits per heavy atom. The van der Waals surface area contributed by atoms with Crippen molar-refractivity contribution in [3.8, 4) is 0 Å². The zero-order valence-corrected chi connectivity index (χ0v) is 14.8. The summed E-state index contributed by atoms with van der Waals surface area (Å²) in [5, 5.41) is 3.29. The predicted octanol–water partition coefficient (Wildman–Crippen LogP) is 4.79. The van der Waals surface area contributed by atoms with E-state index in [1.165, 1.54) is 23.9 Å². The molecular formula is C19H16FNO4S. The van der Waals surface area contributed by atoms with Crippen molar-refractivity contribution in [2.45, 2.75) is 17.6 Å². The number of ether oxygens (including phenoxy) is 1. The summed E-state index contributed by atoms with van der Waals surface area (Å²) in [6.07, 6.45) is -0.583. The van der Waals surface area contributed by atoms with Gasteiger partial charge < -0.3 is 9.15 Å². The first kappa shape index (κ1) is 18.0. The lowest BCUT2D eigenvalue weighted by atomic mass is 10.1. The quantitative estimate of drug-likeness (QED) is 0.514. The second kappa shape index (κ2) is 8.05. The highest BCUT2D eigenvalue weighted by Gasteiger charge is 2.10. The third-order valence-corrected chi connectivity index (χ3v) is 4.67. The highest BCUT2D eigenvalue weighted by atomic mass is 32.2. The highest BCUT2D eigenvalue weighted by Crippen LogP contribution is 2.29. The van der Waals surface area contributed by atoms with Gasteiger partial charge in [0.25, 0.3) is 0 Å². The molecule has 5 nitrogen and oxygen atoms in total. The van der Waals surface area contributed by atoms with E-state index < -0.39 is 11.7 Å². The minimum absolute atomic E-state index is 0.256. The van der Waals surface area contributed by atoms with Gasteiger partial charge in [0.1, 0.15) is 11.4 Å². The Kier molecular flexibility index (Phi) is 5.58. The van der Waals surface area contributed by atoms with E-state index in [0.29, 0.717) is 21.9 Å². The minimum atomic E-state index is -0.583. The molecule has 0 fully saturated rings. The van der Waals surface area contributed by atoms with E-state index >= 15 is 0 Å². The zero-order valence-electron chi connectivity index (χ0n) is 14.0. The van der Waals surface area contributed by atoms with Gasteiger partial charge in [0.2, 0.25) is 0 Å². The summed E-state index contributed by atoms with van der Waals surface area (Å²) in [4.78, 5) is 23.9. The first-order chi connectivity index (χ1) is 12.6. The van der Waals surface area contributed by atoms with Crippen LogP contribution in [0.4, 0.5) is 14.9 Å². The number of anilines is 1. The number of amides is 1. The number of hydrogen-bond acceptors (Lipinski definition) is 5. The van der Waals surface area contributed by atoms with Crippen molar-refractivity contribution in [1.82, 2.24) is 0 Å². The number of benzene rings is 2. The molecule has 0 spiro atoms. The normalized spacial score (nSPS) is 10.7. The Morgan fingerprint density at radius 2 is 2.04 bits per heavy atom. The molecule has 134 valence electrons. The van der Waals surface area contributed by atoms with E-state index in [-0.39, 0.29) is 12.4 Å². The molecule has 0 radical (unpaired) electrons. The lowest BCUT2D eigenvalue weighted by Crippen LogP contribution is -2.13. The number of fused-ring (bicyclic) bond motifs is 1. The number of carbonyl (C=O) groups is 1. The monoisotopic (exact) mass is 373 g/mol. The highest BCUT2D eigenvalue weighted by molar-refractivity contribution is 7.98. The Bertz CT molecular complexity index is 1000. The van der Waals surface area contributed by atoms with Crippen molar-refractivity contribution < 1.29 is 18.3 Å². The number of halogens is 1. The smallest absolute Gasteiger partial charge is 0.411 e. The standard InChI is InChI=1S/C19H16FNO4S/c1-2-24-19(23)21-13-7-8-14-12(9-18(22)25-16(14)10-13)11-26-17-6-4-3-5-15(17)20/h3-10H,2,11H2,1H3,(H,21,23). The molecule has 0 bridgehead atoms. The number of rotatable bonds is 5. The van der Waals surface area contributed by atoms with Crippen molar-refractivity contribution in [1.29, 1.82) is 0 Å². The molecule has 7 heteroatoms. The molecule has 1 aromatic heterocycles. The van der Waals surface area contributed by atoms with Crippen molar-refractivity contribution >= 4 is 34.5 Å². The maximum absolute atomic E-state index is 13.8. The van der Waals surface area contributed by atoms with Crippen LogP contribution < -0.4 is 10.9 Å². The Morgan fingerprint density at radius 1 is 1.23 bits per heavy atom. The van der Waals surface area contributed by atoms with E-state index in [0.717, 1.165) is 10.9 Å². The molecule has 0 aliphatic heterocycles. The second-order valence-electron chi connectivity index (χ2n) is 5.37. The van der Waals surface area contributed by atoms with Crippen LogP contribution in [0.25, 0.3) is 11.0 Å². The molecule has 0 atom stereocenters. The molecule has 0 saturated carbocycles. The Hall–Kier alpha value is -2.80. The molecule has 1 amide bonds. The number of thioether (sulfide) groups is 1. The first-order valence-electron chi connectivity index (χ1n) is 7.94. The molecular weight excluding hydrogens is 357 g/mol. The maximum atomic E-state index is 13.8. The van der Waals surface area contributed by atoms with E-state index in [9.17, 15) is 14.0 Å². The SMILES string of the molecule is CCOC(=O)Nc1ccc2c(CSc3ccccc3F)cc(=O)oc2c1. The number of hydrogen-bond donors (Lipinski definition) is 1. The van der Waals surface area contributed by atoms with Gasteiger partial charge in [0, 0.05) is 33.9 Å². The van der Waals surface area contributed by atoms with Gasteiger partial charge in [-0.25, -0.2) is 14.0 Å². The summed E-state index contributed by atoms with van der Waals surface area (Å²) >= 11 is 1.30. The van der Waals surface area contributed by atoms with Crippen LogP contribution in [0.3, 0.4) is 0 Å². The van der Waals surface area contributed by atoms with E-state index in [4.69, 9.17) is 9.15 Å². The molecule has 0 saturated heterocycles. The maximum Gasteiger partial charge on any atom is 0.411 e. The van der Waals surface area contributed by atoms with Crippen molar-refractivity contribution in [3.63, 3.8) is 0 Å². The molecule has 3 aromatic rings. The van der Waals surface area contributed by atoms with Gasteiger partial charge in [-0.05, 0) is 36.8 Å². The first-order valence-corrected chi connectivity index (χ1v) is 8.93. The predicted molar refractivity (Wildman–Crippen MR) is 99.1 cm³/mol. The summed E-state index contributed by atoms with van der Waals surface area (Å²) in [7, 11) is 0. The number of carbonyl (C=O) groups excluding carboxylic acids is 1. The van der Waals surface area contributed by atoms with E-state index in [1.807, 2.05) is 0 Å². The molecule has 2 aromatic carbocycles. The summed E-state index contributed by atoms with van der Waals surface area (Å²) in [5.41, 5.74) is 1.02. The van der Waals surface area contributed by atoms with Crippen LogP contribution in [0.15, 0.2) is 62.6 Å².